The topological polar surface area (TPSA) is 52.6 Å². The summed E-state index contributed by atoms with van der Waals surface area (Å²) in [6.07, 6.45) is 0. The Balaban J connectivity index is 2.19. The van der Waals surface area contributed by atoms with Crippen LogP contribution in [0.25, 0.3) is 0 Å². The number of piperazine rings is 1. The second-order valence-corrected chi connectivity index (χ2v) is 8.22. The minimum atomic E-state index is -3.46. The lowest BCUT2D eigenvalue weighted by Gasteiger charge is -2.35. The Labute approximate surface area is 144 Å². The molecule has 23 heavy (non-hydrogen) atoms. The molecule has 0 aromatic heterocycles. The van der Waals surface area contributed by atoms with E-state index in [-0.39, 0.29) is 0 Å². The minimum absolute atomic E-state index is 0.450. The summed E-state index contributed by atoms with van der Waals surface area (Å²) < 4.78 is 27.6. The highest BCUT2D eigenvalue weighted by Gasteiger charge is 2.31. The van der Waals surface area contributed by atoms with E-state index in [0.717, 1.165) is 23.2 Å². The standard InChI is InChI=1S/C16H25N3O2S2/c1-5-17-16(22)18-6-8-19(9-7-18)23(20,21)15-13(3)10-12(2)11-14(15)4/h10-11H,5-9H2,1-4H3,(H,17,22). The molecule has 0 saturated carbocycles. The van der Waals surface area contributed by atoms with Gasteiger partial charge < -0.3 is 10.2 Å². The van der Waals surface area contributed by atoms with Crippen LogP contribution in [0.5, 0.6) is 0 Å². The quantitative estimate of drug-likeness (QED) is 0.838. The molecule has 0 bridgehead atoms. The Bertz CT molecular complexity index is 670. The van der Waals surface area contributed by atoms with Crippen LogP contribution in [-0.2, 0) is 10.0 Å². The summed E-state index contributed by atoms with van der Waals surface area (Å²) in [4.78, 5) is 2.48. The fourth-order valence-electron chi connectivity index (χ4n) is 3.10. The Morgan fingerprint density at radius 2 is 1.65 bits per heavy atom. The average molecular weight is 356 g/mol. The number of nitrogens with zero attached hydrogens (tertiary/aromatic N) is 2. The van der Waals surface area contributed by atoms with Gasteiger partial charge in [-0.3, -0.25) is 0 Å². The maximum Gasteiger partial charge on any atom is 0.243 e. The highest BCUT2D eigenvalue weighted by atomic mass is 32.2. The SMILES string of the molecule is CCNC(=S)N1CCN(S(=O)(=O)c2c(C)cc(C)cc2C)CC1. The van der Waals surface area contributed by atoms with Crippen molar-refractivity contribution in [3.05, 3.63) is 28.8 Å². The molecule has 1 saturated heterocycles. The molecular weight excluding hydrogens is 330 g/mol. The van der Waals surface area contributed by atoms with E-state index in [4.69, 9.17) is 12.2 Å². The van der Waals surface area contributed by atoms with Crippen LogP contribution in [0.2, 0.25) is 0 Å². The lowest BCUT2D eigenvalue weighted by Crippen LogP contribution is -2.53. The van der Waals surface area contributed by atoms with Crippen molar-refractivity contribution in [1.82, 2.24) is 14.5 Å². The van der Waals surface area contributed by atoms with E-state index in [0.29, 0.717) is 36.2 Å². The van der Waals surface area contributed by atoms with Crippen LogP contribution in [0.1, 0.15) is 23.6 Å². The van der Waals surface area contributed by atoms with E-state index in [2.05, 4.69) is 5.32 Å². The number of thiocarbonyl (C=S) groups is 1. The second-order valence-electron chi connectivity index (χ2n) is 5.95. The summed E-state index contributed by atoms with van der Waals surface area (Å²) in [7, 11) is -3.46. The summed E-state index contributed by atoms with van der Waals surface area (Å²) in [5.41, 5.74) is 2.71. The van der Waals surface area contributed by atoms with Gasteiger partial charge in [0.05, 0.1) is 4.90 Å². The molecule has 1 aliphatic rings. The van der Waals surface area contributed by atoms with Gasteiger partial charge in [0.15, 0.2) is 5.11 Å². The first-order valence-electron chi connectivity index (χ1n) is 7.88. The lowest BCUT2D eigenvalue weighted by atomic mass is 10.1. The molecule has 0 amide bonds. The maximum atomic E-state index is 13.0. The minimum Gasteiger partial charge on any atom is -0.363 e. The number of benzene rings is 1. The first-order chi connectivity index (χ1) is 10.8. The molecule has 1 heterocycles. The first kappa shape index (κ1) is 18.2. The summed E-state index contributed by atoms with van der Waals surface area (Å²) >= 11 is 5.30. The van der Waals surface area contributed by atoms with Crippen molar-refractivity contribution in [3.63, 3.8) is 0 Å². The van der Waals surface area contributed by atoms with Gasteiger partial charge in [-0.25, -0.2) is 8.42 Å². The van der Waals surface area contributed by atoms with E-state index < -0.39 is 10.0 Å². The number of nitrogens with one attached hydrogen (secondary N) is 1. The molecule has 128 valence electrons. The molecule has 1 aromatic rings. The fourth-order valence-corrected chi connectivity index (χ4v) is 5.26. The molecule has 5 nitrogen and oxygen atoms in total. The van der Waals surface area contributed by atoms with E-state index in [1.807, 2.05) is 44.7 Å². The molecule has 7 heteroatoms. The average Bonchev–Trinajstić information content (AvgIpc) is 2.46. The van der Waals surface area contributed by atoms with E-state index >= 15 is 0 Å². The van der Waals surface area contributed by atoms with Crippen molar-refractivity contribution < 1.29 is 8.42 Å². The maximum absolute atomic E-state index is 13.0. The van der Waals surface area contributed by atoms with E-state index in [9.17, 15) is 8.42 Å². The van der Waals surface area contributed by atoms with Gasteiger partial charge in [0.1, 0.15) is 0 Å². The lowest BCUT2D eigenvalue weighted by molar-refractivity contribution is 0.264. The molecule has 1 N–H and O–H groups in total. The van der Waals surface area contributed by atoms with Crippen LogP contribution in [-0.4, -0.2) is 55.5 Å². The molecule has 1 aromatic carbocycles. The Kier molecular flexibility index (Phi) is 5.65. The zero-order chi connectivity index (χ0) is 17.2. The van der Waals surface area contributed by atoms with Gasteiger partial charge in [-0.15, -0.1) is 0 Å². The molecule has 1 fully saturated rings. The second kappa shape index (κ2) is 7.15. The Morgan fingerprint density at radius 3 is 2.13 bits per heavy atom. The Hall–Kier alpha value is -1.18. The zero-order valence-corrected chi connectivity index (χ0v) is 15.9. The first-order valence-corrected chi connectivity index (χ1v) is 9.73. The van der Waals surface area contributed by atoms with Crippen molar-refractivity contribution in [1.29, 1.82) is 0 Å². The Morgan fingerprint density at radius 1 is 1.13 bits per heavy atom. The number of rotatable bonds is 3. The predicted octanol–water partition coefficient (Wildman–Crippen LogP) is 1.81. The molecule has 0 unspecified atom stereocenters. The largest absolute Gasteiger partial charge is 0.363 e. The number of sulfonamides is 1. The van der Waals surface area contributed by atoms with Gasteiger partial charge in [-0.2, -0.15) is 4.31 Å². The highest BCUT2D eigenvalue weighted by Crippen LogP contribution is 2.26. The molecular formula is C16H25N3O2S2. The van der Waals surface area contributed by atoms with Crippen molar-refractivity contribution >= 4 is 27.4 Å². The van der Waals surface area contributed by atoms with Gasteiger partial charge in [0.2, 0.25) is 10.0 Å². The van der Waals surface area contributed by atoms with Crippen molar-refractivity contribution in [2.45, 2.75) is 32.6 Å². The van der Waals surface area contributed by atoms with Crippen LogP contribution < -0.4 is 5.32 Å². The number of aryl methyl sites for hydroxylation is 3. The van der Waals surface area contributed by atoms with Crippen molar-refractivity contribution in [2.75, 3.05) is 32.7 Å². The third-order valence-corrected chi connectivity index (χ3v) is 6.66. The van der Waals surface area contributed by atoms with E-state index in [1.54, 1.807) is 4.31 Å². The van der Waals surface area contributed by atoms with Crippen LogP contribution in [0.4, 0.5) is 0 Å². The van der Waals surface area contributed by atoms with Gasteiger partial charge in [-0.1, -0.05) is 17.7 Å². The predicted molar refractivity (Wildman–Crippen MR) is 97.3 cm³/mol. The smallest absolute Gasteiger partial charge is 0.243 e. The van der Waals surface area contributed by atoms with Crippen molar-refractivity contribution in [2.24, 2.45) is 0 Å². The molecule has 2 rings (SSSR count). The van der Waals surface area contributed by atoms with Gasteiger partial charge in [0.25, 0.3) is 0 Å². The van der Waals surface area contributed by atoms with Gasteiger partial charge >= 0.3 is 0 Å². The summed E-state index contributed by atoms with van der Waals surface area (Å²) in [5.74, 6) is 0. The molecule has 0 atom stereocenters. The van der Waals surface area contributed by atoms with Crippen molar-refractivity contribution in [3.8, 4) is 0 Å². The van der Waals surface area contributed by atoms with Gasteiger partial charge in [0, 0.05) is 32.7 Å². The van der Waals surface area contributed by atoms with E-state index in [1.165, 1.54) is 0 Å². The fraction of sp³-hybridized carbons (Fsp3) is 0.562. The highest BCUT2D eigenvalue weighted by molar-refractivity contribution is 7.89. The summed E-state index contributed by atoms with van der Waals surface area (Å²) in [5, 5.41) is 3.82. The normalized spacial score (nSPS) is 16.4. The summed E-state index contributed by atoms with van der Waals surface area (Å²) in [6.45, 7) is 10.6. The molecule has 1 aliphatic heterocycles. The third-order valence-electron chi connectivity index (χ3n) is 4.06. The van der Waals surface area contributed by atoms with Crippen LogP contribution >= 0.6 is 12.2 Å². The van der Waals surface area contributed by atoms with Gasteiger partial charge in [-0.05, 0) is 51.0 Å². The zero-order valence-electron chi connectivity index (χ0n) is 14.2. The van der Waals surface area contributed by atoms with Crippen LogP contribution in [0.15, 0.2) is 17.0 Å². The summed E-state index contributed by atoms with van der Waals surface area (Å²) in [6, 6.07) is 3.85. The number of hydrogen-bond acceptors (Lipinski definition) is 3. The van der Waals surface area contributed by atoms with Crippen LogP contribution in [0, 0.1) is 20.8 Å². The van der Waals surface area contributed by atoms with Crippen LogP contribution in [0.3, 0.4) is 0 Å². The third kappa shape index (κ3) is 3.84. The number of hydrogen-bond donors (Lipinski definition) is 1. The molecule has 0 spiro atoms. The monoisotopic (exact) mass is 355 g/mol. The molecule has 0 aliphatic carbocycles. The molecule has 0 radical (unpaired) electrons.